The van der Waals surface area contributed by atoms with E-state index in [9.17, 15) is 0 Å². The molecule has 0 fully saturated rings. The second kappa shape index (κ2) is 17.7. The smallest absolute Gasteiger partial charge is 0.00788 e. The van der Waals surface area contributed by atoms with Crippen molar-refractivity contribution in [2.45, 2.75) is 0 Å². The average Bonchev–Trinajstić information content (AvgIpc) is 3.30. The van der Waals surface area contributed by atoms with Gasteiger partial charge in [-0.2, -0.15) is 0 Å². The van der Waals surface area contributed by atoms with Crippen molar-refractivity contribution in [3.63, 3.8) is 0 Å². The van der Waals surface area contributed by atoms with Crippen molar-refractivity contribution in [3.05, 3.63) is 106 Å². The minimum absolute atomic E-state index is 0. The summed E-state index contributed by atoms with van der Waals surface area (Å²) >= 11 is 0. The van der Waals surface area contributed by atoms with Crippen LogP contribution in [0.2, 0.25) is 0 Å². The Morgan fingerprint density at radius 2 is 0.781 bits per heavy atom. The molecule has 154 valence electrons. The van der Waals surface area contributed by atoms with Gasteiger partial charge in [0.05, 0.1) is 0 Å². The molecule has 1 heterocycles. The van der Waals surface area contributed by atoms with Gasteiger partial charge in [0.15, 0.2) is 0 Å². The molecule has 0 amide bonds. The number of fused-ring (bicyclic) bond motifs is 8. The van der Waals surface area contributed by atoms with Crippen LogP contribution in [0, 0.1) is 33.3 Å². The van der Waals surface area contributed by atoms with E-state index in [-0.39, 0.29) is 21.1 Å². The molecule has 0 radical (unpaired) electrons. The summed E-state index contributed by atoms with van der Waals surface area (Å²) in [7, 11) is 0.768. The Hall–Kier alpha value is -2.91. The van der Waals surface area contributed by atoms with Crippen molar-refractivity contribution in [2.24, 2.45) is 0 Å². The van der Waals surface area contributed by atoms with Gasteiger partial charge in [0.1, 0.15) is 0 Å². The second-order valence-electron chi connectivity index (χ2n) is 5.51. The van der Waals surface area contributed by atoms with Crippen LogP contribution in [0.4, 0.5) is 0 Å². The van der Waals surface area contributed by atoms with E-state index in [0.29, 0.717) is 0 Å². The maximum absolute atomic E-state index is 7.50. The van der Waals surface area contributed by atoms with Crippen LogP contribution >= 0.6 is 8.19 Å². The van der Waals surface area contributed by atoms with Crippen molar-refractivity contribution < 1.29 is 44.3 Å². The zero-order valence-corrected chi connectivity index (χ0v) is 20.3. The molecule has 0 aliphatic rings. The first-order valence-electron chi connectivity index (χ1n) is 8.25. The van der Waals surface area contributed by atoms with Crippen LogP contribution in [0.3, 0.4) is 0 Å². The third kappa shape index (κ3) is 6.30. The van der Waals surface area contributed by atoms with Crippen LogP contribution < -0.4 is 0 Å². The molecule has 0 N–H and O–H groups in total. The Morgan fingerprint density at radius 1 is 0.438 bits per heavy atom. The first-order chi connectivity index (χ1) is 15.4. The molecule has 0 aliphatic heterocycles. The first kappa shape index (κ1) is 31.3. The Labute approximate surface area is 200 Å². The maximum Gasteiger partial charge on any atom is 0.00788 e. The van der Waals surface area contributed by atoms with Gasteiger partial charge in [-0.1, -0.05) is 72.8 Å². The minimum Gasteiger partial charge on any atom is -0.123 e. The fraction of sp³-hybridized carbons (Fsp3) is 0. The van der Waals surface area contributed by atoms with Crippen LogP contribution in [0.1, 0.15) is 0 Å². The van der Waals surface area contributed by atoms with E-state index in [1.165, 1.54) is 42.6 Å². The summed E-state index contributed by atoms with van der Waals surface area (Å²) < 4.78 is 37.5. The largest absolute Gasteiger partial charge is 0.123 e. The van der Waals surface area contributed by atoms with Gasteiger partial charge in [-0.3, -0.25) is 0 Å². The molecule has 32 heavy (non-hydrogen) atoms. The van der Waals surface area contributed by atoms with Gasteiger partial charge in [0.25, 0.3) is 0 Å². The molecule has 1 aromatic heterocycles. The predicted molar refractivity (Wildman–Crippen MR) is 116 cm³/mol. The van der Waals surface area contributed by atoms with E-state index < -0.39 is 0 Å². The Bertz CT molecular complexity index is 1340. The van der Waals surface area contributed by atoms with E-state index in [1.54, 1.807) is 0 Å². The van der Waals surface area contributed by atoms with Gasteiger partial charge >= 0.3 is 56.5 Å². The monoisotopic (exact) mass is 608 g/mol. The van der Waals surface area contributed by atoms with Crippen molar-refractivity contribution in [2.75, 3.05) is 0 Å². The zero-order valence-electron chi connectivity index (χ0n) is 16.4. The van der Waals surface area contributed by atoms with Gasteiger partial charge in [0.2, 0.25) is 0 Å². The van der Waals surface area contributed by atoms with Crippen LogP contribution in [-0.4, -0.2) is 0 Å². The molecule has 7 heteroatoms. The Kier molecular flexibility index (Phi) is 17.3. The van der Waals surface area contributed by atoms with Crippen LogP contribution in [0.15, 0.2) is 72.8 Å². The van der Waals surface area contributed by atoms with E-state index in [1.807, 2.05) is 0 Å². The molecule has 0 saturated heterocycles. The fourth-order valence-electron chi connectivity index (χ4n) is 3.50. The quantitative estimate of drug-likeness (QED) is 0.115. The van der Waals surface area contributed by atoms with Crippen molar-refractivity contribution in [1.82, 2.24) is 0 Å². The average molecular weight is 608 g/mol. The summed E-state index contributed by atoms with van der Waals surface area (Å²) in [4.78, 5) is 0. The molecule has 5 aromatic rings. The van der Waals surface area contributed by atoms with Gasteiger partial charge < -0.3 is 0 Å². The molecule has 5 rings (SSSR count). The summed E-state index contributed by atoms with van der Waals surface area (Å²) in [6, 6.07) is 26.5. The van der Waals surface area contributed by atoms with Crippen molar-refractivity contribution in [1.29, 1.82) is 0 Å². The molecule has 1 atom stereocenters. The molecular formula is C25H13O5PW. The van der Waals surface area contributed by atoms with Gasteiger partial charge in [-0.15, -0.1) is 8.19 Å². The predicted octanol–water partition coefficient (Wildman–Crippen LogP) is 6.14. The molecule has 5 nitrogen and oxygen atoms in total. The Morgan fingerprint density at radius 3 is 1.28 bits per heavy atom. The van der Waals surface area contributed by atoms with E-state index in [2.05, 4.69) is 106 Å². The Balaban J connectivity index is 0. The van der Waals surface area contributed by atoms with Crippen LogP contribution in [0.25, 0.3) is 42.6 Å². The topological polar surface area (TPSA) is 99.5 Å². The standard InChI is InChI=1S/C20H13P.5CO.W/c1-3-9-15-13(7-1)14-8-2-4-10-16(14)20-19(15)17-11-5-6-12-18(17)21-20;5*1-2;/h1-12,21H;;;;;;. The SMILES string of the molecule is [C-]#[O+].[C-]#[O+].[C-]#[O+].[C-]#[O+].[C-]#[O+].[W].c1ccc2c(c1)[pH]c1c3ccccc3c3ccccc3c21. The maximum atomic E-state index is 7.50. The molecule has 1 unspecified atom stereocenters. The molecule has 0 spiro atoms. The third-order valence-electron chi connectivity index (χ3n) is 4.39. The summed E-state index contributed by atoms with van der Waals surface area (Å²) in [6.07, 6.45) is 0. The first-order valence-corrected chi connectivity index (χ1v) is 9.25. The number of hydrogen-bond donors (Lipinski definition) is 0. The summed E-state index contributed by atoms with van der Waals surface area (Å²) in [6.45, 7) is 22.5. The number of rotatable bonds is 0. The van der Waals surface area contributed by atoms with Crippen LogP contribution in [0.5, 0.6) is 0 Å². The molecule has 0 saturated carbocycles. The molecule has 0 bridgehead atoms. The summed E-state index contributed by atoms with van der Waals surface area (Å²) in [5.74, 6) is 0. The molecule has 0 aliphatic carbocycles. The third-order valence-corrected chi connectivity index (χ3v) is 5.86. The van der Waals surface area contributed by atoms with Crippen molar-refractivity contribution in [3.8, 4) is 0 Å². The second-order valence-corrected chi connectivity index (χ2v) is 6.80. The number of hydrogen-bond acceptors (Lipinski definition) is 0. The van der Waals surface area contributed by atoms with Gasteiger partial charge in [0, 0.05) is 31.6 Å². The molecule has 4 aromatic carbocycles. The van der Waals surface area contributed by atoms with Gasteiger partial charge in [-0.25, -0.2) is 0 Å². The number of benzene rings is 4. The fourth-order valence-corrected chi connectivity index (χ4v) is 5.03. The van der Waals surface area contributed by atoms with E-state index >= 15 is 0 Å². The van der Waals surface area contributed by atoms with Gasteiger partial charge in [-0.05, 0) is 32.0 Å². The summed E-state index contributed by atoms with van der Waals surface area (Å²) in [5, 5.41) is 11.4. The molecular weight excluding hydrogens is 595 g/mol. The van der Waals surface area contributed by atoms with E-state index in [4.69, 9.17) is 23.3 Å². The minimum atomic E-state index is 0. The normalized spacial score (nSPS) is 8.31. The van der Waals surface area contributed by atoms with Crippen LogP contribution in [-0.2, 0) is 44.3 Å². The summed E-state index contributed by atoms with van der Waals surface area (Å²) in [5.41, 5.74) is 0. The van der Waals surface area contributed by atoms with Crippen molar-refractivity contribution >= 4 is 50.7 Å². The van der Waals surface area contributed by atoms with E-state index in [0.717, 1.165) is 8.19 Å². The zero-order chi connectivity index (χ0) is 23.8.